The molecule has 2 rings (SSSR count). The van der Waals surface area contributed by atoms with E-state index in [1.54, 1.807) is 13.0 Å². The van der Waals surface area contributed by atoms with Gasteiger partial charge in [0.05, 0.1) is 37.1 Å². The fraction of sp³-hybridized carbons (Fsp3) is 0.250. The van der Waals surface area contributed by atoms with Crippen molar-refractivity contribution in [2.75, 3.05) is 13.7 Å². The SMILES string of the molecule is CCOC(=O)c1cnc(CO)cc1-c1c(F)cccc1OC. The first-order valence-electron chi connectivity index (χ1n) is 6.72. The van der Waals surface area contributed by atoms with Crippen LogP contribution < -0.4 is 4.74 Å². The average Bonchev–Trinajstić information content (AvgIpc) is 2.54. The van der Waals surface area contributed by atoms with Gasteiger partial charge in [0.1, 0.15) is 11.6 Å². The molecule has 0 radical (unpaired) electrons. The Labute approximate surface area is 127 Å². The minimum absolute atomic E-state index is 0.113. The standard InChI is InChI=1S/C16H16FNO4/c1-3-22-16(20)12-8-18-10(9-19)7-11(12)15-13(17)5-4-6-14(15)21-2/h4-8,19H,3,9H2,1-2H3. The van der Waals surface area contributed by atoms with Crippen molar-refractivity contribution in [1.82, 2.24) is 4.98 Å². The van der Waals surface area contributed by atoms with Gasteiger partial charge in [-0.25, -0.2) is 9.18 Å². The summed E-state index contributed by atoms with van der Waals surface area (Å²) in [6.07, 6.45) is 1.27. The predicted molar refractivity (Wildman–Crippen MR) is 78.1 cm³/mol. The number of hydrogen-bond donors (Lipinski definition) is 1. The Morgan fingerprint density at radius 2 is 2.18 bits per heavy atom. The lowest BCUT2D eigenvalue weighted by molar-refractivity contribution is 0.0526. The first kappa shape index (κ1) is 15.9. The van der Waals surface area contributed by atoms with Crippen molar-refractivity contribution >= 4 is 5.97 Å². The normalized spacial score (nSPS) is 10.4. The number of methoxy groups -OCH3 is 1. The van der Waals surface area contributed by atoms with Gasteiger partial charge in [0.25, 0.3) is 0 Å². The second kappa shape index (κ2) is 7.00. The van der Waals surface area contributed by atoms with Gasteiger partial charge in [-0.2, -0.15) is 0 Å². The van der Waals surface area contributed by atoms with Gasteiger partial charge in [-0.1, -0.05) is 6.07 Å². The van der Waals surface area contributed by atoms with Crippen molar-refractivity contribution in [3.63, 3.8) is 0 Å². The summed E-state index contributed by atoms with van der Waals surface area (Å²) in [5, 5.41) is 9.23. The highest BCUT2D eigenvalue weighted by molar-refractivity contribution is 5.98. The smallest absolute Gasteiger partial charge is 0.340 e. The molecule has 116 valence electrons. The van der Waals surface area contributed by atoms with Gasteiger partial charge in [-0.15, -0.1) is 0 Å². The number of hydrogen-bond acceptors (Lipinski definition) is 5. The molecular formula is C16H16FNO4. The molecule has 0 amide bonds. The molecule has 0 aliphatic carbocycles. The summed E-state index contributed by atoms with van der Waals surface area (Å²) in [5.74, 6) is -0.875. The van der Waals surface area contributed by atoms with Crippen LogP contribution in [0.3, 0.4) is 0 Å². The molecular weight excluding hydrogens is 289 g/mol. The highest BCUT2D eigenvalue weighted by atomic mass is 19.1. The van der Waals surface area contributed by atoms with Gasteiger partial charge in [0.2, 0.25) is 0 Å². The van der Waals surface area contributed by atoms with E-state index in [4.69, 9.17) is 9.47 Å². The molecule has 0 spiro atoms. The largest absolute Gasteiger partial charge is 0.496 e. The zero-order chi connectivity index (χ0) is 16.1. The maximum atomic E-state index is 14.3. The molecule has 1 aromatic heterocycles. The fourth-order valence-electron chi connectivity index (χ4n) is 2.10. The Hall–Kier alpha value is -2.47. The molecule has 5 nitrogen and oxygen atoms in total. The van der Waals surface area contributed by atoms with E-state index in [-0.39, 0.29) is 35.7 Å². The second-order valence-electron chi connectivity index (χ2n) is 4.42. The zero-order valence-corrected chi connectivity index (χ0v) is 12.3. The topological polar surface area (TPSA) is 68.7 Å². The Morgan fingerprint density at radius 1 is 1.41 bits per heavy atom. The Balaban J connectivity index is 2.69. The lowest BCUT2D eigenvalue weighted by Gasteiger charge is -2.14. The number of aromatic nitrogens is 1. The van der Waals surface area contributed by atoms with Crippen LogP contribution >= 0.6 is 0 Å². The molecule has 0 aliphatic rings. The van der Waals surface area contributed by atoms with Crippen molar-refractivity contribution in [2.24, 2.45) is 0 Å². The summed E-state index contributed by atoms with van der Waals surface area (Å²) in [5.41, 5.74) is 0.827. The lowest BCUT2D eigenvalue weighted by Crippen LogP contribution is -2.09. The van der Waals surface area contributed by atoms with Crippen LogP contribution in [-0.2, 0) is 11.3 Å². The van der Waals surface area contributed by atoms with E-state index >= 15 is 0 Å². The van der Waals surface area contributed by atoms with E-state index in [1.807, 2.05) is 0 Å². The van der Waals surface area contributed by atoms with Gasteiger partial charge in [-0.05, 0) is 25.1 Å². The number of pyridine rings is 1. The third-order valence-corrected chi connectivity index (χ3v) is 3.08. The predicted octanol–water partition coefficient (Wildman–Crippen LogP) is 2.57. The van der Waals surface area contributed by atoms with E-state index in [0.717, 1.165) is 0 Å². The first-order chi connectivity index (χ1) is 10.6. The molecule has 0 bridgehead atoms. The molecule has 1 aromatic carbocycles. The van der Waals surface area contributed by atoms with Crippen molar-refractivity contribution in [2.45, 2.75) is 13.5 Å². The monoisotopic (exact) mass is 305 g/mol. The van der Waals surface area contributed by atoms with Crippen LogP contribution in [0, 0.1) is 5.82 Å². The first-order valence-corrected chi connectivity index (χ1v) is 6.72. The minimum Gasteiger partial charge on any atom is -0.496 e. The number of esters is 1. The molecule has 0 saturated heterocycles. The van der Waals surface area contributed by atoms with E-state index in [0.29, 0.717) is 5.69 Å². The molecule has 0 aliphatic heterocycles. The van der Waals surface area contributed by atoms with Crippen LogP contribution in [0.25, 0.3) is 11.1 Å². The number of halogens is 1. The summed E-state index contributed by atoms with van der Waals surface area (Å²) in [4.78, 5) is 16.0. The summed E-state index contributed by atoms with van der Waals surface area (Å²) in [7, 11) is 1.41. The molecule has 6 heteroatoms. The van der Waals surface area contributed by atoms with Crippen LogP contribution in [0.15, 0.2) is 30.5 Å². The average molecular weight is 305 g/mol. The molecule has 0 saturated carbocycles. The number of aliphatic hydroxyl groups is 1. The van der Waals surface area contributed by atoms with E-state index < -0.39 is 11.8 Å². The second-order valence-corrected chi connectivity index (χ2v) is 4.42. The number of benzene rings is 1. The fourth-order valence-corrected chi connectivity index (χ4v) is 2.10. The van der Waals surface area contributed by atoms with Gasteiger partial charge in [0, 0.05) is 11.8 Å². The highest BCUT2D eigenvalue weighted by Gasteiger charge is 2.21. The summed E-state index contributed by atoms with van der Waals surface area (Å²) in [6, 6.07) is 5.82. The van der Waals surface area contributed by atoms with Gasteiger partial charge in [-0.3, -0.25) is 4.98 Å². The van der Waals surface area contributed by atoms with Gasteiger partial charge < -0.3 is 14.6 Å². The Kier molecular flexibility index (Phi) is 5.06. The van der Waals surface area contributed by atoms with E-state index in [2.05, 4.69) is 4.98 Å². The number of ether oxygens (including phenoxy) is 2. The highest BCUT2D eigenvalue weighted by Crippen LogP contribution is 2.35. The zero-order valence-electron chi connectivity index (χ0n) is 12.3. The van der Waals surface area contributed by atoms with Crippen molar-refractivity contribution in [1.29, 1.82) is 0 Å². The maximum Gasteiger partial charge on any atom is 0.340 e. The minimum atomic E-state index is -0.611. The molecule has 1 heterocycles. The van der Waals surface area contributed by atoms with Crippen molar-refractivity contribution in [3.8, 4) is 16.9 Å². The molecule has 22 heavy (non-hydrogen) atoms. The van der Waals surface area contributed by atoms with Gasteiger partial charge in [0.15, 0.2) is 0 Å². The molecule has 1 N–H and O–H groups in total. The van der Waals surface area contributed by atoms with Crippen LogP contribution in [0.2, 0.25) is 0 Å². The summed E-state index contributed by atoms with van der Waals surface area (Å²) in [6.45, 7) is 1.54. The van der Waals surface area contributed by atoms with Crippen LogP contribution in [0.5, 0.6) is 5.75 Å². The van der Waals surface area contributed by atoms with Crippen LogP contribution in [0.1, 0.15) is 23.0 Å². The lowest BCUT2D eigenvalue weighted by atomic mass is 9.99. The Bertz CT molecular complexity index is 688. The molecule has 0 fully saturated rings. The number of rotatable bonds is 5. The number of aliphatic hydroxyl groups excluding tert-OH is 1. The number of carbonyl (C=O) groups excluding carboxylic acids is 1. The van der Waals surface area contributed by atoms with Gasteiger partial charge >= 0.3 is 5.97 Å². The number of nitrogens with zero attached hydrogens (tertiary/aromatic N) is 1. The molecule has 0 unspecified atom stereocenters. The molecule has 0 atom stereocenters. The van der Waals surface area contributed by atoms with Crippen molar-refractivity contribution < 1.29 is 23.8 Å². The van der Waals surface area contributed by atoms with E-state index in [9.17, 15) is 14.3 Å². The Morgan fingerprint density at radius 3 is 2.82 bits per heavy atom. The maximum absolute atomic E-state index is 14.3. The summed E-state index contributed by atoms with van der Waals surface area (Å²) < 4.78 is 24.4. The molecule has 2 aromatic rings. The third-order valence-electron chi connectivity index (χ3n) is 3.08. The van der Waals surface area contributed by atoms with Crippen LogP contribution in [0.4, 0.5) is 4.39 Å². The van der Waals surface area contributed by atoms with E-state index in [1.165, 1.54) is 31.5 Å². The summed E-state index contributed by atoms with van der Waals surface area (Å²) >= 11 is 0. The number of carbonyl (C=O) groups is 1. The third kappa shape index (κ3) is 3.07. The van der Waals surface area contributed by atoms with Crippen molar-refractivity contribution in [3.05, 3.63) is 47.5 Å². The quantitative estimate of drug-likeness (QED) is 0.860. The van der Waals surface area contributed by atoms with Crippen LogP contribution in [-0.4, -0.2) is 29.8 Å².